The number of nitrogens with one attached hydrogen (secondary N) is 2. The van der Waals surface area contributed by atoms with Crippen LogP contribution < -0.4 is 15.4 Å². The summed E-state index contributed by atoms with van der Waals surface area (Å²) in [4.78, 5) is 37.1. The maximum atomic E-state index is 12.6. The average molecular weight is 439 g/mol. The van der Waals surface area contributed by atoms with E-state index < -0.39 is 6.16 Å². The van der Waals surface area contributed by atoms with Gasteiger partial charge in [0.15, 0.2) is 0 Å². The molecule has 2 N–H and O–H groups in total. The molecule has 2 aromatic carbocycles. The molecule has 0 unspecified atom stereocenters. The van der Waals surface area contributed by atoms with E-state index in [-0.39, 0.29) is 24.2 Å². The summed E-state index contributed by atoms with van der Waals surface area (Å²) in [6.45, 7) is 2.20. The van der Waals surface area contributed by atoms with Crippen molar-refractivity contribution >= 4 is 35.0 Å². The van der Waals surface area contributed by atoms with Gasteiger partial charge in [0.05, 0.1) is 13.0 Å². The fourth-order valence-corrected chi connectivity index (χ4v) is 3.44. The number of carbonyl (C=O) groups is 3. The van der Waals surface area contributed by atoms with Crippen LogP contribution in [0, 0.1) is 0 Å². The molecule has 3 rings (SSSR count). The molecule has 7 nitrogen and oxygen atoms in total. The van der Waals surface area contributed by atoms with E-state index in [2.05, 4.69) is 10.6 Å². The zero-order valence-electron chi connectivity index (χ0n) is 16.9. The second kappa shape index (κ2) is 10.9. The standard InChI is InChI=1S/C23H22N2O5S/c1-2-29-23(28)30-18-11-9-16(10-12-18)22(27)25-20-8-4-3-6-17(20)15-24-21(26)14-19-7-5-13-31-19/h3-13H,2,14-15H2,1H3,(H,24,26)(H,25,27). The highest BCUT2D eigenvalue weighted by atomic mass is 32.1. The van der Waals surface area contributed by atoms with Crippen molar-refractivity contribution in [2.75, 3.05) is 11.9 Å². The minimum atomic E-state index is -0.797. The highest BCUT2D eigenvalue weighted by molar-refractivity contribution is 7.10. The molecule has 0 aliphatic heterocycles. The molecule has 8 heteroatoms. The summed E-state index contributed by atoms with van der Waals surface area (Å²) in [7, 11) is 0. The molecule has 0 radical (unpaired) electrons. The zero-order chi connectivity index (χ0) is 22.1. The second-order valence-electron chi connectivity index (χ2n) is 6.45. The highest BCUT2D eigenvalue weighted by Gasteiger charge is 2.12. The third-order valence-corrected chi connectivity index (χ3v) is 5.11. The Bertz CT molecular complexity index is 1030. The lowest BCUT2D eigenvalue weighted by Gasteiger charge is -2.12. The fraction of sp³-hybridized carbons (Fsp3) is 0.174. The summed E-state index contributed by atoms with van der Waals surface area (Å²) in [5, 5.41) is 7.67. The Balaban J connectivity index is 1.58. The molecule has 0 saturated carbocycles. The molecule has 0 saturated heterocycles. The van der Waals surface area contributed by atoms with Gasteiger partial charge < -0.3 is 20.1 Å². The number of carbonyl (C=O) groups excluding carboxylic acids is 3. The molecule has 1 aromatic heterocycles. The zero-order valence-corrected chi connectivity index (χ0v) is 17.7. The Kier molecular flexibility index (Phi) is 7.78. The van der Waals surface area contributed by atoms with Gasteiger partial charge in [0.2, 0.25) is 5.91 Å². The maximum absolute atomic E-state index is 12.6. The highest BCUT2D eigenvalue weighted by Crippen LogP contribution is 2.18. The number of ether oxygens (including phenoxy) is 2. The molecule has 0 atom stereocenters. The normalized spacial score (nSPS) is 10.2. The van der Waals surface area contributed by atoms with E-state index in [1.165, 1.54) is 23.5 Å². The number of para-hydroxylation sites is 1. The van der Waals surface area contributed by atoms with Gasteiger partial charge in [-0.15, -0.1) is 11.3 Å². The van der Waals surface area contributed by atoms with Crippen LogP contribution in [0.1, 0.15) is 27.7 Å². The van der Waals surface area contributed by atoms with Crippen molar-refractivity contribution in [2.24, 2.45) is 0 Å². The number of amides is 2. The van der Waals surface area contributed by atoms with E-state index in [1.807, 2.05) is 35.7 Å². The quantitative estimate of drug-likeness (QED) is 0.402. The van der Waals surface area contributed by atoms with E-state index in [0.717, 1.165) is 10.4 Å². The summed E-state index contributed by atoms with van der Waals surface area (Å²) >= 11 is 1.54. The molecule has 2 amide bonds. The van der Waals surface area contributed by atoms with Gasteiger partial charge in [-0.1, -0.05) is 24.3 Å². The number of hydrogen-bond acceptors (Lipinski definition) is 6. The largest absolute Gasteiger partial charge is 0.513 e. The van der Waals surface area contributed by atoms with Gasteiger partial charge in [-0.3, -0.25) is 9.59 Å². The SMILES string of the molecule is CCOC(=O)Oc1ccc(C(=O)Nc2ccccc2CNC(=O)Cc2cccs2)cc1. The van der Waals surface area contributed by atoms with Crippen LogP contribution in [-0.2, 0) is 22.5 Å². The van der Waals surface area contributed by atoms with Gasteiger partial charge in [-0.25, -0.2) is 4.79 Å². The second-order valence-corrected chi connectivity index (χ2v) is 7.49. The van der Waals surface area contributed by atoms with E-state index in [4.69, 9.17) is 9.47 Å². The minimum absolute atomic E-state index is 0.0826. The Morgan fingerprint density at radius 1 is 0.968 bits per heavy atom. The fourth-order valence-electron chi connectivity index (χ4n) is 2.74. The first-order valence-corrected chi connectivity index (χ1v) is 10.6. The number of thiophene rings is 1. The lowest BCUT2D eigenvalue weighted by molar-refractivity contribution is -0.120. The third-order valence-electron chi connectivity index (χ3n) is 4.24. The Morgan fingerprint density at radius 3 is 2.45 bits per heavy atom. The molecule has 0 fully saturated rings. The van der Waals surface area contributed by atoms with Crippen molar-refractivity contribution < 1.29 is 23.9 Å². The molecule has 0 bridgehead atoms. The summed E-state index contributed by atoms with van der Waals surface area (Å²) in [6.07, 6.45) is -0.471. The first-order chi connectivity index (χ1) is 15.0. The van der Waals surface area contributed by atoms with Crippen molar-refractivity contribution in [3.63, 3.8) is 0 Å². The summed E-state index contributed by atoms with van der Waals surface area (Å²) in [6, 6.07) is 17.2. The van der Waals surface area contributed by atoms with E-state index in [0.29, 0.717) is 24.2 Å². The van der Waals surface area contributed by atoms with Gasteiger partial charge in [0.1, 0.15) is 5.75 Å². The van der Waals surface area contributed by atoms with Crippen molar-refractivity contribution in [2.45, 2.75) is 19.9 Å². The van der Waals surface area contributed by atoms with Crippen LogP contribution in [0.2, 0.25) is 0 Å². The molecule has 1 heterocycles. The number of hydrogen-bond donors (Lipinski definition) is 2. The molecule has 0 aliphatic carbocycles. The van der Waals surface area contributed by atoms with Crippen LogP contribution in [-0.4, -0.2) is 24.6 Å². The summed E-state index contributed by atoms with van der Waals surface area (Å²) in [5.41, 5.74) is 1.79. The predicted molar refractivity (Wildman–Crippen MR) is 118 cm³/mol. The van der Waals surface area contributed by atoms with Crippen molar-refractivity contribution in [3.05, 3.63) is 82.0 Å². The topological polar surface area (TPSA) is 93.7 Å². The molecule has 3 aromatic rings. The average Bonchev–Trinajstić information content (AvgIpc) is 3.26. The molecule has 160 valence electrons. The molecular weight excluding hydrogens is 416 g/mol. The number of benzene rings is 2. The van der Waals surface area contributed by atoms with Crippen LogP contribution in [0.15, 0.2) is 66.0 Å². The Morgan fingerprint density at radius 2 is 1.74 bits per heavy atom. The summed E-state index contributed by atoms with van der Waals surface area (Å²) in [5.74, 6) is -0.121. The van der Waals surface area contributed by atoms with E-state index in [1.54, 1.807) is 25.1 Å². The van der Waals surface area contributed by atoms with Crippen molar-refractivity contribution in [1.82, 2.24) is 5.32 Å². The predicted octanol–water partition coefficient (Wildman–Crippen LogP) is 4.39. The van der Waals surface area contributed by atoms with Crippen molar-refractivity contribution in [3.8, 4) is 5.75 Å². The van der Waals surface area contributed by atoms with Crippen LogP contribution in [0.4, 0.5) is 10.5 Å². The van der Waals surface area contributed by atoms with Gasteiger partial charge in [-0.2, -0.15) is 0 Å². The lowest BCUT2D eigenvalue weighted by atomic mass is 10.1. The lowest BCUT2D eigenvalue weighted by Crippen LogP contribution is -2.25. The summed E-state index contributed by atoms with van der Waals surface area (Å²) < 4.78 is 9.70. The van der Waals surface area contributed by atoms with Crippen LogP contribution in [0.5, 0.6) is 5.75 Å². The monoisotopic (exact) mass is 438 g/mol. The first-order valence-electron chi connectivity index (χ1n) is 9.68. The number of rotatable bonds is 8. The maximum Gasteiger partial charge on any atom is 0.513 e. The molecule has 0 spiro atoms. The smallest absolute Gasteiger partial charge is 0.434 e. The van der Waals surface area contributed by atoms with Crippen molar-refractivity contribution in [1.29, 1.82) is 0 Å². The molecular formula is C23H22N2O5S. The van der Waals surface area contributed by atoms with E-state index in [9.17, 15) is 14.4 Å². The van der Waals surface area contributed by atoms with Crippen LogP contribution in [0.3, 0.4) is 0 Å². The Hall–Kier alpha value is -3.65. The minimum Gasteiger partial charge on any atom is -0.434 e. The third kappa shape index (κ3) is 6.68. The van der Waals surface area contributed by atoms with Gasteiger partial charge in [0.25, 0.3) is 5.91 Å². The van der Waals surface area contributed by atoms with Gasteiger partial charge in [-0.05, 0) is 54.3 Å². The van der Waals surface area contributed by atoms with Gasteiger partial charge in [0, 0.05) is 22.7 Å². The molecule has 0 aliphatic rings. The van der Waals surface area contributed by atoms with Crippen LogP contribution in [0.25, 0.3) is 0 Å². The molecule has 31 heavy (non-hydrogen) atoms. The number of anilines is 1. The van der Waals surface area contributed by atoms with Gasteiger partial charge >= 0.3 is 6.16 Å². The van der Waals surface area contributed by atoms with E-state index >= 15 is 0 Å². The van der Waals surface area contributed by atoms with Crippen LogP contribution >= 0.6 is 11.3 Å². The first kappa shape index (κ1) is 22.0. The Labute approximate surface area is 184 Å².